The number of furan rings is 1. The minimum absolute atomic E-state index is 0.0131. The van der Waals surface area contributed by atoms with Crippen molar-refractivity contribution >= 4 is 23.0 Å². The van der Waals surface area contributed by atoms with Gasteiger partial charge in [0.2, 0.25) is 0 Å². The molecule has 0 fully saturated rings. The van der Waals surface area contributed by atoms with Crippen LogP contribution in [0.2, 0.25) is 0 Å². The van der Waals surface area contributed by atoms with Crippen molar-refractivity contribution in [2.75, 3.05) is 7.05 Å². The lowest BCUT2D eigenvalue weighted by molar-refractivity contribution is 0.190. The highest BCUT2D eigenvalue weighted by molar-refractivity contribution is 5.93. The molecular weight excluding hydrogens is 262 g/mol. The third-order valence-corrected chi connectivity index (χ3v) is 4.33. The summed E-state index contributed by atoms with van der Waals surface area (Å²) < 4.78 is 6.07. The highest BCUT2D eigenvalue weighted by Crippen LogP contribution is 2.40. The summed E-state index contributed by atoms with van der Waals surface area (Å²) in [6.07, 6.45) is 1.89. The molecule has 1 aliphatic heterocycles. The van der Waals surface area contributed by atoms with E-state index in [1.807, 2.05) is 31.6 Å². The second-order valence-corrected chi connectivity index (χ2v) is 6.88. The third kappa shape index (κ3) is 2.44. The summed E-state index contributed by atoms with van der Waals surface area (Å²) >= 11 is 0. The molecule has 1 aliphatic rings. The van der Waals surface area contributed by atoms with Crippen LogP contribution in [0.4, 0.5) is 5.69 Å². The van der Waals surface area contributed by atoms with E-state index in [1.54, 1.807) is 0 Å². The summed E-state index contributed by atoms with van der Waals surface area (Å²) in [5, 5.41) is 4.74. The molecule has 21 heavy (non-hydrogen) atoms. The van der Waals surface area contributed by atoms with Gasteiger partial charge < -0.3 is 9.32 Å². The van der Waals surface area contributed by atoms with Gasteiger partial charge in [-0.05, 0) is 24.5 Å². The van der Waals surface area contributed by atoms with Crippen LogP contribution in [-0.2, 0) is 0 Å². The largest absolute Gasteiger partial charge is 0.455 e. The molecule has 1 aromatic carbocycles. The number of nitrogens with zero attached hydrogens (tertiary/aromatic N) is 2. The first-order valence-electron chi connectivity index (χ1n) is 7.41. The van der Waals surface area contributed by atoms with Crippen molar-refractivity contribution in [2.24, 2.45) is 10.4 Å². The smallest absolute Gasteiger partial charge is 0.168 e. The van der Waals surface area contributed by atoms with Crippen molar-refractivity contribution < 1.29 is 4.42 Å². The standard InChI is InChI=1S/C17H23N3O/c1-11(17(2,3)4)19-16-15-14(18-10-20(16)5)12-8-6-7-9-13(12)21-15/h6-11,16,19H,1-5H3/t11-,16?/m1/s1. The molecule has 0 amide bonds. The topological polar surface area (TPSA) is 40.8 Å². The number of hydrogen-bond donors (Lipinski definition) is 1. The Morgan fingerprint density at radius 2 is 2.00 bits per heavy atom. The Hall–Kier alpha value is -1.81. The number of nitrogens with one attached hydrogen (secondary N) is 1. The Labute approximate surface area is 125 Å². The van der Waals surface area contributed by atoms with E-state index in [0.717, 1.165) is 22.4 Å². The van der Waals surface area contributed by atoms with Gasteiger partial charge in [0.15, 0.2) is 5.76 Å². The second kappa shape index (κ2) is 4.88. The van der Waals surface area contributed by atoms with Gasteiger partial charge in [-0.15, -0.1) is 0 Å². The molecule has 2 heterocycles. The fourth-order valence-corrected chi connectivity index (χ4v) is 2.45. The Kier molecular flexibility index (Phi) is 3.29. The Balaban J connectivity index is 2.01. The molecule has 0 spiro atoms. The van der Waals surface area contributed by atoms with E-state index in [-0.39, 0.29) is 11.6 Å². The van der Waals surface area contributed by atoms with Crippen LogP contribution in [0.3, 0.4) is 0 Å². The minimum Gasteiger partial charge on any atom is -0.455 e. The van der Waals surface area contributed by atoms with Crippen molar-refractivity contribution in [1.82, 2.24) is 10.2 Å². The Morgan fingerprint density at radius 3 is 2.71 bits per heavy atom. The highest BCUT2D eigenvalue weighted by Gasteiger charge is 2.31. The normalized spacial score (nSPS) is 19.9. The molecular formula is C17H23N3O. The molecule has 4 heteroatoms. The predicted molar refractivity (Wildman–Crippen MR) is 86.9 cm³/mol. The monoisotopic (exact) mass is 285 g/mol. The third-order valence-electron chi connectivity index (χ3n) is 4.33. The molecule has 0 saturated carbocycles. The number of benzene rings is 1. The first kappa shape index (κ1) is 14.1. The molecule has 2 atom stereocenters. The van der Waals surface area contributed by atoms with E-state index in [0.29, 0.717) is 6.04 Å². The zero-order chi connectivity index (χ0) is 15.2. The van der Waals surface area contributed by atoms with E-state index < -0.39 is 0 Å². The van der Waals surface area contributed by atoms with Crippen LogP contribution in [0.1, 0.15) is 39.6 Å². The molecule has 1 aromatic heterocycles. The molecule has 1 N–H and O–H groups in total. The van der Waals surface area contributed by atoms with Crippen LogP contribution < -0.4 is 5.32 Å². The van der Waals surface area contributed by atoms with Crippen molar-refractivity contribution in [3.8, 4) is 0 Å². The van der Waals surface area contributed by atoms with E-state index in [4.69, 9.17) is 4.42 Å². The summed E-state index contributed by atoms with van der Waals surface area (Å²) in [6, 6.07) is 8.41. The van der Waals surface area contributed by atoms with Gasteiger partial charge in [-0.2, -0.15) is 0 Å². The average Bonchev–Trinajstić information content (AvgIpc) is 2.79. The van der Waals surface area contributed by atoms with Crippen LogP contribution in [0.15, 0.2) is 33.7 Å². The summed E-state index contributed by atoms with van der Waals surface area (Å²) in [5.41, 5.74) is 2.02. The van der Waals surface area contributed by atoms with E-state index in [2.05, 4.69) is 49.0 Å². The lowest BCUT2D eigenvalue weighted by Gasteiger charge is -2.36. The summed E-state index contributed by atoms with van der Waals surface area (Å²) in [5.74, 6) is 0.900. The molecule has 0 saturated heterocycles. The molecule has 3 rings (SSSR count). The lowest BCUT2D eigenvalue weighted by Crippen LogP contribution is -2.46. The molecule has 2 aromatic rings. The summed E-state index contributed by atoms with van der Waals surface area (Å²) in [6.45, 7) is 8.92. The molecule has 0 aliphatic carbocycles. The van der Waals surface area contributed by atoms with Crippen molar-refractivity contribution in [1.29, 1.82) is 0 Å². The first-order valence-corrected chi connectivity index (χ1v) is 7.41. The zero-order valence-electron chi connectivity index (χ0n) is 13.3. The van der Waals surface area contributed by atoms with Gasteiger partial charge in [0.25, 0.3) is 0 Å². The fourth-order valence-electron chi connectivity index (χ4n) is 2.45. The van der Waals surface area contributed by atoms with E-state index in [1.165, 1.54) is 0 Å². The summed E-state index contributed by atoms with van der Waals surface area (Å²) in [7, 11) is 2.02. The quantitative estimate of drug-likeness (QED) is 0.904. The van der Waals surface area contributed by atoms with Gasteiger partial charge in [0, 0.05) is 18.5 Å². The van der Waals surface area contributed by atoms with Crippen molar-refractivity contribution in [3.05, 3.63) is 30.0 Å². The van der Waals surface area contributed by atoms with E-state index >= 15 is 0 Å². The number of hydrogen-bond acceptors (Lipinski definition) is 4. The maximum absolute atomic E-state index is 6.07. The molecule has 0 radical (unpaired) electrons. The molecule has 0 bridgehead atoms. The van der Waals surface area contributed by atoms with Gasteiger partial charge in [0.05, 0.1) is 6.34 Å². The molecule has 112 valence electrons. The number of fused-ring (bicyclic) bond motifs is 3. The van der Waals surface area contributed by atoms with Crippen molar-refractivity contribution in [2.45, 2.75) is 39.9 Å². The fraction of sp³-hybridized carbons (Fsp3) is 0.471. The van der Waals surface area contributed by atoms with Crippen LogP contribution in [0, 0.1) is 5.41 Å². The maximum Gasteiger partial charge on any atom is 0.168 e. The minimum atomic E-state index is 0.0131. The number of rotatable bonds is 2. The second-order valence-electron chi connectivity index (χ2n) is 6.88. The number of aliphatic imine (C=N–C) groups is 1. The molecule has 4 nitrogen and oxygen atoms in total. The Morgan fingerprint density at radius 1 is 1.29 bits per heavy atom. The number of para-hydroxylation sites is 1. The van der Waals surface area contributed by atoms with Gasteiger partial charge in [0.1, 0.15) is 17.4 Å². The average molecular weight is 285 g/mol. The Bertz CT molecular complexity index is 681. The van der Waals surface area contributed by atoms with Crippen LogP contribution in [0.25, 0.3) is 11.0 Å². The maximum atomic E-state index is 6.07. The zero-order valence-corrected chi connectivity index (χ0v) is 13.3. The van der Waals surface area contributed by atoms with Gasteiger partial charge in [-0.25, -0.2) is 4.99 Å². The summed E-state index contributed by atoms with van der Waals surface area (Å²) in [4.78, 5) is 6.61. The SMILES string of the molecule is C[C@@H](NC1c2oc3ccccc3c2N=CN1C)C(C)(C)C. The van der Waals surface area contributed by atoms with Gasteiger partial charge >= 0.3 is 0 Å². The van der Waals surface area contributed by atoms with Crippen LogP contribution in [0.5, 0.6) is 0 Å². The predicted octanol–water partition coefficient (Wildman–Crippen LogP) is 4.06. The van der Waals surface area contributed by atoms with Crippen LogP contribution in [-0.4, -0.2) is 24.3 Å². The highest BCUT2D eigenvalue weighted by atomic mass is 16.3. The van der Waals surface area contributed by atoms with E-state index in [9.17, 15) is 0 Å². The molecule has 1 unspecified atom stereocenters. The van der Waals surface area contributed by atoms with Gasteiger partial charge in [-0.3, -0.25) is 5.32 Å². The van der Waals surface area contributed by atoms with Crippen molar-refractivity contribution in [3.63, 3.8) is 0 Å². The van der Waals surface area contributed by atoms with Gasteiger partial charge in [-0.1, -0.05) is 32.9 Å². The lowest BCUT2D eigenvalue weighted by atomic mass is 9.88. The van der Waals surface area contributed by atoms with Crippen LogP contribution >= 0.6 is 0 Å². The first-order chi connectivity index (χ1) is 9.88.